The number of ketones is 2. The molecule has 0 bridgehead atoms. The summed E-state index contributed by atoms with van der Waals surface area (Å²) in [6.45, 7) is 0. The Kier molecular flexibility index (Phi) is 2.69. The number of aryl methyl sites for hydroxylation is 1. The predicted molar refractivity (Wildman–Crippen MR) is 92.4 cm³/mol. The molecule has 0 atom stereocenters. The Hall–Kier alpha value is -2.94. The van der Waals surface area contributed by atoms with Gasteiger partial charge in [0.1, 0.15) is 0 Å². The Morgan fingerprint density at radius 1 is 0.750 bits per heavy atom. The van der Waals surface area contributed by atoms with E-state index in [4.69, 9.17) is 0 Å². The van der Waals surface area contributed by atoms with Crippen LogP contribution in [0.1, 0.15) is 44.8 Å². The van der Waals surface area contributed by atoms with Gasteiger partial charge in [-0.3, -0.25) is 9.59 Å². The molecule has 1 aromatic heterocycles. The van der Waals surface area contributed by atoms with Crippen molar-refractivity contribution < 1.29 is 9.59 Å². The van der Waals surface area contributed by atoms with E-state index in [1.165, 1.54) is 0 Å². The zero-order valence-electron chi connectivity index (χ0n) is 13.1. The molecule has 0 spiro atoms. The van der Waals surface area contributed by atoms with Crippen molar-refractivity contribution in [2.24, 2.45) is 0 Å². The molecule has 2 aromatic carbocycles. The maximum atomic E-state index is 13.0. The normalized spacial score (nSPS) is 15.2. The van der Waals surface area contributed by atoms with Crippen LogP contribution in [0.2, 0.25) is 0 Å². The lowest BCUT2D eigenvalue weighted by molar-refractivity contribution is 0.0959. The van der Waals surface area contributed by atoms with Crippen LogP contribution in [0, 0.1) is 0 Å². The highest BCUT2D eigenvalue weighted by atomic mass is 16.1. The largest absolute Gasteiger partial charge is 0.357 e. The number of H-pyrrole nitrogens is 1. The third-order valence-corrected chi connectivity index (χ3v) is 5.06. The van der Waals surface area contributed by atoms with E-state index in [1.54, 1.807) is 0 Å². The molecular weight excluding hydrogens is 298 g/mol. The van der Waals surface area contributed by atoms with Gasteiger partial charge in [0, 0.05) is 23.2 Å². The molecule has 2 aliphatic carbocycles. The second kappa shape index (κ2) is 4.78. The van der Waals surface area contributed by atoms with E-state index in [9.17, 15) is 9.59 Å². The second-order valence-corrected chi connectivity index (χ2v) is 6.43. The molecule has 0 saturated carbocycles. The van der Waals surface area contributed by atoms with Gasteiger partial charge in [-0.15, -0.1) is 0 Å². The molecule has 2 aliphatic rings. The lowest BCUT2D eigenvalue weighted by Crippen LogP contribution is -2.13. The molecule has 3 nitrogen and oxygen atoms in total. The minimum atomic E-state index is -0.0227. The molecule has 0 aliphatic heterocycles. The molecule has 0 saturated heterocycles. The minimum absolute atomic E-state index is 0.0227. The number of hydrogen-bond donors (Lipinski definition) is 1. The molecule has 0 amide bonds. The summed E-state index contributed by atoms with van der Waals surface area (Å²) in [6.07, 6.45) is 2.23. The summed E-state index contributed by atoms with van der Waals surface area (Å²) in [5.41, 5.74) is 6.72. The topological polar surface area (TPSA) is 49.9 Å². The molecule has 0 radical (unpaired) electrons. The van der Waals surface area contributed by atoms with E-state index in [1.807, 2.05) is 48.5 Å². The first-order valence-electron chi connectivity index (χ1n) is 8.27. The zero-order valence-corrected chi connectivity index (χ0v) is 13.1. The summed E-state index contributed by atoms with van der Waals surface area (Å²) in [4.78, 5) is 28.8. The van der Waals surface area contributed by atoms with Crippen molar-refractivity contribution in [2.75, 3.05) is 0 Å². The quantitative estimate of drug-likeness (QED) is 0.566. The average Bonchev–Trinajstić information content (AvgIpc) is 3.13. The number of fused-ring (bicyclic) bond motifs is 5. The third kappa shape index (κ3) is 1.67. The first-order chi connectivity index (χ1) is 11.8. The number of nitrogens with one attached hydrogen (secondary N) is 1. The fourth-order valence-corrected chi connectivity index (χ4v) is 4.02. The van der Waals surface area contributed by atoms with E-state index in [-0.39, 0.29) is 11.6 Å². The molecule has 3 heteroatoms. The predicted octanol–water partition coefficient (Wildman–Crippen LogP) is 4.41. The first-order valence-corrected chi connectivity index (χ1v) is 8.27. The van der Waals surface area contributed by atoms with E-state index < -0.39 is 0 Å². The van der Waals surface area contributed by atoms with Gasteiger partial charge in [-0.05, 0) is 24.0 Å². The van der Waals surface area contributed by atoms with Crippen LogP contribution in [0.4, 0.5) is 0 Å². The van der Waals surface area contributed by atoms with Crippen LogP contribution in [0.5, 0.6) is 0 Å². The maximum absolute atomic E-state index is 13.0. The average molecular weight is 313 g/mol. The summed E-state index contributed by atoms with van der Waals surface area (Å²) < 4.78 is 0. The lowest BCUT2D eigenvalue weighted by Gasteiger charge is -2.11. The summed E-state index contributed by atoms with van der Waals surface area (Å²) >= 11 is 0. The van der Waals surface area contributed by atoms with Crippen LogP contribution in [0.3, 0.4) is 0 Å². The van der Waals surface area contributed by atoms with Crippen LogP contribution >= 0.6 is 0 Å². The third-order valence-electron chi connectivity index (χ3n) is 5.06. The van der Waals surface area contributed by atoms with Crippen molar-refractivity contribution in [3.8, 4) is 22.4 Å². The molecule has 1 N–H and O–H groups in total. The SMILES string of the molecule is O=C1CCCc2[nH]c3c(c21)C(=O)c1cccc(-c2ccccc2)c1-3. The van der Waals surface area contributed by atoms with Crippen molar-refractivity contribution in [1.29, 1.82) is 0 Å². The Morgan fingerprint density at radius 3 is 2.38 bits per heavy atom. The molecule has 3 aromatic rings. The Morgan fingerprint density at radius 2 is 1.54 bits per heavy atom. The number of Topliss-reactive ketones (excluding diaryl/α,β-unsaturated/α-hetero) is 1. The summed E-state index contributed by atoms with van der Waals surface area (Å²) in [5.74, 6) is 0.0710. The van der Waals surface area contributed by atoms with Gasteiger partial charge >= 0.3 is 0 Å². The van der Waals surface area contributed by atoms with Crippen LogP contribution in [-0.2, 0) is 6.42 Å². The Balaban J connectivity index is 1.83. The highest BCUT2D eigenvalue weighted by Crippen LogP contribution is 2.45. The summed E-state index contributed by atoms with van der Waals surface area (Å²) in [7, 11) is 0. The molecular formula is C21H15NO2. The number of carbonyl (C=O) groups is 2. The zero-order chi connectivity index (χ0) is 16.3. The first kappa shape index (κ1) is 13.5. The summed E-state index contributed by atoms with van der Waals surface area (Å²) in [5, 5.41) is 0. The van der Waals surface area contributed by atoms with Crippen molar-refractivity contribution >= 4 is 11.6 Å². The fourth-order valence-electron chi connectivity index (χ4n) is 4.02. The maximum Gasteiger partial charge on any atom is 0.196 e. The fraction of sp³-hybridized carbons (Fsp3) is 0.143. The van der Waals surface area contributed by atoms with Gasteiger partial charge in [0.2, 0.25) is 0 Å². The van der Waals surface area contributed by atoms with Gasteiger partial charge in [0.15, 0.2) is 11.6 Å². The van der Waals surface area contributed by atoms with Crippen molar-refractivity contribution in [3.63, 3.8) is 0 Å². The Bertz CT molecular complexity index is 1010. The van der Waals surface area contributed by atoms with Gasteiger partial charge in [-0.1, -0.05) is 48.5 Å². The monoisotopic (exact) mass is 313 g/mol. The van der Waals surface area contributed by atoms with Gasteiger partial charge in [-0.25, -0.2) is 0 Å². The van der Waals surface area contributed by atoms with Crippen LogP contribution in [-0.4, -0.2) is 16.6 Å². The van der Waals surface area contributed by atoms with Gasteiger partial charge < -0.3 is 4.98 Å². The lowest BCUT2D eigenvalue weighted by atomic mass is 9.92. The van der Waals surface area contributed by atoms with E-state index >= 15 is 0 Å². The van der Waals surface area contributed by atoms with Crippen molar-refractivity contribution in [2.45, 2.75) is 19.3 Å². The number of rotatable bonds is 1. The molecule has 0 fully saturated rings. The Labute approximate surface area is 139 Å². The molecule has 116 valence electrons. The molecule has 1 heterocycles. The standard InChI is InChI=1S/C21H15NO2/c23-16-11-5-10-15-18(16)19-20(22-15)17-13(12-6-2-1-3-7-12)8-4-9-14(17)21(19)24/h1-4,6-9,22H,5,10-11H2. The highest BCUT2D eigenvalue weighted by Gasteiger charge is 2.37. The van der Waals surface area contributed by atoms with Gasteiger partial charge in [-0.2, -0.15) is 0 Å². The number of hydrogen-bond acceptors (Lipinski definition) is 2. The van der Waals surface area contributed by atoms with E-state index in [0.717, 1.165) is 40.9 Å². The van der Waals surface area contributed by atoms with Crippen LogP contribution in [0.25, 0.3) is 22.4 Å². The summed E-state index contributed by atoms with van der Waals surface area (Å²) in [6, 6.07) is 15.9. The highest BCUT2D eigenvalue weighted by molar-refractivity contribution is 6.27. The number of aromatic amines is 1. The number of aromatic nitrogens is 1. The van der Waals surface area contributed by atoms with Crippen LogP contribution < -0.4 is 0 Å². The molecule has 5 rings (SSSR count). The minimum Gasteiger partial charge on any atom is -0.357 e. The van der Waals surface area contributed by atoms with Crippen LogP contribution in [0.15, 0.2) is 48.5 Å². The van der Waals surface area contributed by atoms with Gasteiger partial charge in [0.05, 0.1) is 16.8 Å². The number of benzene rings is 2. The van der Waals surface area contributed by atoms with Crippen molar-refractivity contribution in [1.82, 2.24) is 4.98 Å². The van der Waals surface area contributed by atoms with E-state index in [0.29, 0.717) is 23.1 Å². The molecule has 24 heavy (non-hydrogen) atoms. The van der Waals surface area contributed by atoms with Crippen molar-refractivity contribution in [3.05, 3.63) is 70.9 Å². The molecule has 0 unspecified atom stereocenters. The number of carbonyl (C=O) groups excluding carboxylic acids is 2. The smallest absolute Gasteiger partial charge is 0.196 e. The second-order valence-electron chi connectivity index (χ2n) is 6.43. The van der Waals surface area contributed by atoms with Gasteiger partial charge in [0.25, 0.3) is 0 Å². The van der Waals surface area contributed by atoms with E-state index in [2.05, 4.69) is 4.98 Å².